The summed E-state index contributed by atoms with van der Waals surface area (Å²) in [7, 11) is 0. The van der Waals surface area contributed by atoms with E-state index in [4.69, 9.17) is 0 Å². The molecule has 1 heterocycles. The zero-order chi connectivity index (χ0) is 12.4. The monoisotopic (exact) mass is 246 g/mol. The Labute approximate surface area is 109 Å². The zero-order valence-electron chi connectivity index (χ0n) is 10.8. The Balaban J connectivity index is 1.85. The first kappa shape index (κ1) is 12.0. The third-order valence-electron chi connectivity index (χ3n) is 4.29. The van der Waals surface area contributed by atoms with Gasteiger partial charge in [0.2, 0.25) is 0 Å². The highest BCUT2D eigenvalue weighted by atomic mass is 16.3. The molecule has 3 heteroatoms. The van der Waals surface area contributed by atoms with Crippen molar-refractivity contribution in [2.45, 2.75) is 37.6 Å². The number of rotatable bonds is 2. The lowest BCUT2D eigenvalue weighted by Gasteiger charge is -2.26. The van der Waals surface area contributed by atoms with Crippen LogP contribution in [0.4, 0.5) is 0 Å². The van der Waals surface area contributed by atoms with Crippen molar-refractivity contribution in [1.82, 2.24) is 10.6 Å². The highest BCUT2D eigenvalue weighted by Crippen LogP contribution is 2.37. The fraction of sp³-hybridized carbons (Fsp3) is 0.600. The van der Waals surface area contributed by atoms with Crippen LogP contribution in [0.15, 0.2) is 18.2 Å². The van der Waals surface area contributed by atoms with Gasteiger partial charge in [0.1, 0.15) is 5.75 Å². The molecule has 3 N–H and O–H groups in total. The van der Waals surface area contributed by atoms with E-state index in [1.165, 1.54) is 31.2 Å². The molecule has 1 aliphatic heterocycles. The normalized spacial score (nSPS) is 25.4. The predicted octanol–water partition coefficient (Wildman–Crippen LogP) is 2.28. The van der Waals surface area contributed by atoms with Gasteiger partial charge < -0.3 is 15.7 Å². The second-order valence-electron chi connectivity index (χ2n) is 5.51. The molecular weight excluding hydrogens is 224 g/mol. The van der Waals surface area contributed by atoms with Crippen LogP contribution in [0.3, 0.4) is 0 Å². The van der Waals surface area contributed by atoms with Gasteiger partial charge in [-0.05, 0) is 30.4 Å². The summed E-state index contributed by atoms with van der Waals surface area (Å²) in [5, 5.41) is 16.9. The number of benzene rings is 1. The lowest BCUT2D eigenvalue weighted by atomic mass is 9.93. The molecule has 0 spiro atoms. The van der Waals surface area contributed by atoms with Crippen LogP contribution in [0.5, 0.6) is 5.75 Å². The van der Waals surface area contributed by atoms with Gasteiger partial charge in [-0.25, -0.2) is 0 Å². The Morgan fingerprint density at radius 2 is 1.94 bits per heavy atom. The predicted molar refractivity (Wildman–Crippen MR) is 72.9 cm³/mol. The van der Waals surface area contributed by atoms with Gasteiger partial charge in [-0.15, -0.1) is 0 Å². The van der Waals surface area contributed by atoms with Crippen molar-refractivity contribution in [1.29, 1.82) is 0 Å². The Kier molecular flexibility index (Phi) is 3.52. The summed E-state index contributed by atoms with van der Waals surface area (Å²) in [4.78, 5) is 0. The largest absolute Gasteiger partial charge is 0.508 e. The molecule has 1 saturated heterocycles. The number of piperazine rings is 1. The van der Waals surface area contributed by atoms with E-state index in [9.17, 15) is 5.11 Å². The van der Waals surface area contributed by atoms with Crippen molar-refractivity contribution in [2.24, 2.45) is 0 Å². The van der Waals surface area contributed by atoms with E-state index in [1.807, 2.05) is 6.07 Å². The second-order valence-corrected chi connectivity index (χ2v) is 5.51. The molecule has 0 bridgehead atoms. The van der Waals surface area contributed by atoms with Crippen LogP contribution in [0.2, 0.25) is 0 Å². The highest BCUT2D eigenvalue weighted by molar-refractivity contribution is 5.40. The number of nitrogens with one attached hydrogen (secondary N) is 2. The van der Waals surface area contributed by atoms with Gasteiger partial charge in [-0.2, -0.15) is 0 Å². The molecule has 2 fully saturated rings. The van der Waals surface area contributed by atoms with E-state index in [2.05, 4.69) is 22.8 Å². The van der Waals surface area contributed by atoms with E-state index >= 15 is 0 Å². The van der Waals surface area contributed by atoms with E-state index in [0.717, 1.165) is 25.2 Å². The van der Waals surface area contributed by atoms with E-state index in [-0.39, 0.29) is 6.04 Å². The van der Waals surface area contributed by atoms with Crippen LogP contribution in [-0.4, -0.2) is 24.7 Å². The smallest absolute Gasteiger partial charge is 0.120 e. The van der Waals surface area contributed by atoms with Crippen molar-refractivity contribution in [3.05, 3.63) is 29.3 Å². The van der Waals surface area contributed by atoms with Gasteiger partial charge in [-0.3, -0.25) is 0 Å². The maximum atomic E-state index is 10.1. The van der Waals surface area contributed by atoms with Crippen molar-refractivity contribution >= 4 is 0 Å². The average Bonchev–Trinajstić information content (AvgIpc) is 2.94. The fourth-order valence-electron chi connectivity index (χ4n) is 3.24. The average molecular weight is 246 g/mol. The summed E-state index contributed by atoms with van der Waals surface area (Å²) >= 11 is 0. The molecule has 98 valence electrons. The standard InChI is InChI=1S/C15H22N2O/c18-15-6-5-12(11-3-1-2-4-11)9-13(15)14-10-16-7-8-17-14/h5-6,9,11,14,16-18H,1-4,7-8,10H2/t14-/m1/s1. The van der Waals surface area contributed by atoms with Crippen LogP contribution in [-0.2, 0) is 0 Å². The minimum atomic E-state index is 0.250. The first-order valence-electron chi connectivity index (χ1n) is 7.11. The SMILES string of the molecule is Oc1ccc(C2CCCC2)cc1[C@H]1CNCCN1. The molecule has 0 aromatic heterocycles. The summed E-state index contributed by atoms with van der Waals surface area (Å²) in [5.41, 5.74) is 2.47. The summed E-state index contributed by atoms with van der Waals surface area (Å²) in [6.07, 6.45) is 5.31. The highest BCUT2D eigenvalue weighted by Gasteiger charge is 2.21. The van der Waals surface area contributed by atoms with Crippen LogP contribution < -0.4 is 10.6 Å². The van der Waals surface area contributed by atoms with Crippen LogP contribution >= 0.6 is 0 Å². The molecule has 2 aliphatic rings. The Bertz CT molecular complexity index is 407. The lowest BCUT2D eigenvalue weighted by Crippen LogP contribution is -2.42. The Morgan fingerprint density at radius 1 is 1.11 bits per heavy atom. The molecule has 1 atom stereocenters. The molecule has 1 aromatic carbocycles. The molecule has 1 aliphatic carbocycles. The molecule has 0 radical (unpaired) electrons. The maximum absolute atomic E-state index is 10.1. The van der Waals surface area contributed by atoms with Gasteiger partial charge in [0.05, 0.1) is 0 Å². The Morgan fingerprint density at radius 3 is 2.67 bits per heavy atom. The number of aromatic hydroxyl groups is 1. The summed E-state index contributed by atoms with van der Waals surface area (Å²) in [6, 6.07) is 6.44. The van der Waals surface area contributed by atoms with Gasteiger partial charge in [0, 0.05) is 31.2 Å². The third-order valence-corrected chi connectivity index (χ3v) is 4.29. The number of phenols is 1. The molecule has 3 nitrogen and oxygen atoms in total. The quantitative estimate of drug-likeness (QED) is 0.750. The van der Waals surface area contributed by atoms with E-state index in [0.29, 0.717) is 11.7 Å². The van der Waals surface area contributed by atoms with Gasteiger partial charge in [0.25, 0.3) is 0 Å². The topological polar surface area (TPSA) is 44.3 Å². The molecular formula is C15H22N2O. The molecule has 3 rings (SSSR count). The van der Waals surface area contributed by atoms with Gasteiger partial charge in [0.15, 0.2) is 0 Å². The molecule has 0 unspecified atom stereocenters. The summed E-state index contributed by atoms with van der Waals surface area (Å²) < 4.78 is 0. The lowest BCUT2D eigenvalue weighted by molar-refractivity contribution is 0.404. The summed E-state index contributed by atoms with van der Waals surface area (Å²) in [6.45, 7) is 2.89. The van der Waals surface area contributed by atoms with Crippen LogP contribution in [0.1, 0.15) is 48.8 Å². The second kappa shape index (κ2) is 5.29. The molecule has 18 heavy (non-hydrogen) atoms. The first-order chi connectivity index (χ1) is 8.84. The molecule has 1 aromatic rings. The number of hydrogen-bond donors (Lipinski definition) is 3. The van der Waals surface area contributed by atoms with Crippen LogP contribution in [0.25, 0.3) is 0 Å². The molecule has 1 saturated carbocycles. The summed E-state index contributed by atoms with van der Waals surface area (Å²) in [5.74, 6) is 1.14. The number of hydrogen-bond acceptors (Lipinski definition) is 3. The fourth-order valence-corrected chi connectivity index (χ4v) is 3.24. The first-order valence-corrected chi connectivity index (χ1v) is 7.11. The minimum absolute atomic E-state index is 0.250. The van der Waals surface area contributed by atoms with Crippen molar-refractivity contribution < 1.29 is 5.11 Å². The van der Waals surface area contributed by atoms with E-state index < -0.39 is 0 Å². The Hall–Kier alpha value is -1.06. The maximum Gasteiger partial charge on any atom is 0.120 e. The molecule has 0 amide bonds. The van der Waals surface area contributed by atoms with Crippen LogP contribution in [0, 0.1) is 0 Å². The van der Waals surface area contributed by atoms with E-state index in [1.54, 1.807) is 0 Å². The van der Waals surface area contributed by atoms with Gasteiger partial charge >= 0.3 is 0 Å². The minimum Gasteiger partial charge on any atom is -0.508 e. The van der Waals surface area contributed by atoms with Crippen molar-refractivity contribution in [3.63, 3.8) is 0 Å². The van der Waals surface area contributed by atoms with Gasteiger partial charge in [-0.1, -0.05) is 25.0 Å². The van der Waals surface area contributed by atoms with Crippen molar-refractivity contribution in [3.8, 4) is 5.75 Å². The number of phenolic OH excluding ortho intramolecular Hbond substituents is 1. The zero-order valence-corrected chi connectivity index (χ0v) is 10.8. The third kappa shape index (κ3) is 2.38. The van der Waals surface area contributed by atoms with Crippen molar-refractivity contribution in [2.75, 3.05) is 19.6 Å².